The molecule has 0 aliphatic rings. The van der Waals surface area contributed by atoms with E-state index < -0.39 is 5.97 Å². The van der Waals surface area contributed by atoms with Crippen LogP contribution in [0.25, 0.3) is 17.2 Å². The Morgan fingerprint density at radius 1 is 1.03 bits per heavy atom. The molecule has 1 heterocycles. The molecular weight excluding hydrogens is 462 g/mol. The number of hydrogen-bond acceptors (Lipinski definition) is 6. The third-order valence-corrected chi connectivity index (χ3v) is 6.15. The number of benzene rings is 2. The highest BCUT2D eigenvalue weighted by atomic mass is 32.1. The average Bonchev–Trinajstić information content (AvgIpc) is 3.30. The first-order valence-electron chi connectivity index (χ1n) is 11.7. The number of esters is 1. The molecule has 0 atom stereocenters. The first-order chi connectivity index (χ1) is 17.0. The zero-order chi connectivity index (χ0) is 25.2. The second-order valence-corrected chi connectivity index (χ2v) is 8.59. The van der Waals surface area contributed by atoms with Crippen LogP contribution in [0.1, 0.15) is 48.7 Å². The van der Waals surface area contributed by atoms with Crippen LogP contribution in [0, 0.1) is 0 Å². The summed E-state index contributed by atoms with van der Waals surface area (Å²) in [4.78, 5) is 25.5. The summed E-state index contributed by atoms with van der Waals surface area (Å²) in [5.41, 5.74) is 4.00. The van der Waals surface area contributed by atoms with E-state index in [-0.39, 0.29) is 12.5 Å². The quantitative estimate of drug-likeness (QED) is 0.240. The van der Waals surface area contributed by atoms with Gasteiger partial charge in [0.1, 0.15) is 10.6 Å². The van der Waals surface area contributed by atoms with Crippen LogP contribution in [0.5, 0.6) is 11.5 Å². The number of thiophene rings is 1. The topological polar surface area (TPSA) is 73.9 Å². The Morgan fingerprint density at radius 2 is 1.80 bits per heavy atom. The van der Waals surface area contributed by atoms with Gasteiger partial charge in [-0.25, -0.2) is 4.79 Å². The van der Waals surface area contributed by atoms with Gasteiger partial charge in [-0.15, -0.1) is 11.3 Å². The van der Waals surface area contributed by atoms with Gasteiger partial charge in [-0.05, 0) is 54.7 Å². The van der Waals surface area contributed by atoms with E-state index >= 15 is 0 Å². The molecule has 0 aliphatic heterocycles. The Balaban J connectivity index is 1.81. The maximum Gasteiger partial charge on any atom is 0.341 e. The normalized spacial score (nSPS) is 10.9. The van der Waals surface area contributed by atoms with E-state index in [4.69, 9.17) is 14.2 Å². The molecule has 2 aromatic carbocycles. The molecule has 0 aliphatic carbocycles. The highest BCUT2D eigenvalue weighted by Gasteiger charge is 2.22. The van der Waals surface area contributed by atoms with Gasteiger partial charge in [0.15, 0.2) is 11.5 Å². The van der Waals surface area contributed by atoms with Crippen molar-refractivity contribution in [1.29, 1.82) is 0 Å². The molecule has 1 N–H and O–H groups in total. The van der Waals surface area contributed by atoms with Crippen LogP contribution in [0.15, 0.2) is 53.9 Å². The number of methoxy groups -OCH3 is 1. The second-order valence-electron chi connectivity index (χ2n) is 7.71. The predicted octanol–water partition coefficient (Wildman–Crippen LogP) is 6.60. The minimum Gasteiger partial charge on any atom is -0.493 e. The summed E-state index contributed by atoms with van der Waals surface area (Å²) in [6.07, 6.45) is 4.94. The molecule has 35 heavy (non-hydrogen) atoms. The Morgan fingerprint density at radius 3 is 2.46 bits per heavy atom. The van der Waals surface area contributed by atoms with E-state index in [1.807, 2.05) is 54.8 Å². The smallest absolute Gasteiger partial charge is 0.341 e. The molecule has 0 fully saturated rings. The molecule has 6 nitrogen and oxygen atoms in total. The van der Waals surface area contributed by atoms with Crippen LogP contribution in [0.2, 0.25) is 0 Å². The molecule has 1 amide bonds. The Hall–Kier alpha value is -3.58. The van der Waals surface area contributed by atoms with Crippen LogP contribution in [-0.4, -0.2) is 32.2 Å². The Labute approximate surface area is 210 Å². The van der Waals surface area contributed by atoms with Crippen molar-refractivity contribution >= 4 is 34.3 Å². The number of hydrogen-bond donors (Lipinski definition) is 1. The van der Waals surface area contributed by atoms with Crippen LogP contribution in [-0.2, 0) is 16.0 Å². The number of carbonyl (C=O) groups is 2. The lowest BCUT2D eigenvalue weighted by atomic mass is 10.0. The molecule has 184 valence electrons. The number of ether oxygens (including phenoxy) is 3. The van der Waals surface area contributed by atoms with Crippen LogP contribution < -0.4 is 14.8 Å². The highest BCUT2D eigenvalue weighted by molar-refractivity contribution is 7.15. The number of amides is 1. The average molecular weight is 494 g/mol. The van der Waals surface area contributed by atoms with Gasteiger partial charge >= 0.3 is 5.97 Å². The van der Waals surface area contributed by atoms with Crippen molar-refractivity contribution in [3.8, 4) is 22.6 Å². The van der Waals surface area contributed by atoms with Crippen LogP contribution >= 0.6 is 11.3 Å². The van der Waals surface area contributed by atoms with Crippen molar-refractivity contribution in [3.05, 3.63) is 70.6 Å². The molecular formula is C28H31NO5S. The van der Waals surface area contributed by atoms with E-state index in [2.05, 4.69) is 12.2 Å². The van der Waals surface area contributed by atoms with Gasteiger partial charge in [-0.1, -0.05) is 44.2 Å². The summed E-state index contributed by atoms with van der Waals surface area (Å²) >= 11 is 1.30. The third-order valence-electron chi connectivity index (χ3n) is 5.26. The summed E-state index contributed by atoms with van der Waals surface area (Å²) < 4.78 is 16.4. The van der Waals surface area contributed by atoms with Gasteiger partial charge in [-0.3, -0.25) is 4.79 Å². The summed E-state index contributed by atoms with van der Waals surface area (Å²) in [6.45, 7) is 6.73. The molecule has 0 unspecified atom stereocenters. The lowest BCUT2D eigenvalue weighted by Crippen LogP contribution is -2.12. The number of rotatable bonds is 11. The fourth-order valence-corrected chi connectivity index (χ4v) is 4.39. The molecule has 0 radical (unpaired) electrons. The number of anilines is 1. The summed E-state index contributed by atoms with van der Waals surface area (Å²) in [6, 6.07) is 13.5. The summed E-state index contributed by atoms with van der Waals surface area (Å²) in [5.74, 6) is 0.446. The van der Waals surface area contributed by atoms with Gasteiger partial charge in [0.2, 0.25) is 5.91 Å². The first kappa shape index (κ1) is 26.0. The van der Waals surface area contributed by atoms with Crippen molar-refractivity contribution in [2.45, 2.75) is 33.6 Å². The minimum absolute atomic E-state index is 0.246. The lowest BCUT2D eigenvalue weighted by Gasteiger charge is -2.10. The lowest BCUT2D eigenvalue weighted by molar-refractivity contribution is -0.111. The Kier molecular flexibility index (Phi) is 9.49. The molecule has 3 rings (SSSR count). The van der Waals surface area contributed by atoms with Crippen molar-refractivity contribution in [2.24, 2.45) is 0 Å². The molecule has 1 aromatic heterocycles. The van der Waals surface area contributed by atoms with Gasteiger partial charge < -0.3 is 19.5 Å². The maximum absolute atomic E-state index is 12.8. The molecule has 0 saturated heterocycles. The van der Waals surface area contributed by atoms with Crippen molar-refractivity contribution < 1.29 is 23.8 Å². The van der Waals surface area contributed by atoms with Crippen molar-refractivity contribution in [1.82, 2.24) is 0 Å². The standard InChI is InChI=1S/C28H31NO5S/c1-5-16-34-23-14-10-20(17-24(23)32-4)11-15-25(30)29-27-26(28(31)33-7-3)22(18-35-27)21-12-8-19(6-2)9-13-21/h8-15,17-18H,5-7,16H2,1-4H3,(H,29,30)/b15-11+. The van der Waals surface area contributed by atoms with Crippen molar-refractivity contribution in [3.63, 3.8) is 0 Å². The first-order valence-corrected chi connectivity index (χ1v) is 12.6. The zero-order valence-corrected chi connectivity index (χ0v) is 21.4. The number of nitrogens with one attached hydrogen (secondary N) is 1. The third kappa shape index (κ3) is 6.73. The van der Waals surface area contributed by atoms with E-state index in [1.165, 1.54) is 23.0 Å². The van der Waals surface area contributed by atoms with Gasteiger partial charge in [0.25, 0.3) is 0 Å². The van der Waals surface area contributed by atoms with Gasteiger partial charge in [0, 0.05) is 17.0 Å². The fraction of sp³-hybridized carbons (Fsp3) is 0.286. The van der Waals surface area contributed by atoms with E-state index in [1.54, 1.807) is 20.1 Å². The minimum atomic E-state index is -0.463. The molecule has 7 heteroatoms. The highest BCUT2D eigenvalue weighted by Crippen LogP contribution is 2.36. The predicted molar refractivity (Wildman–Crippen MR) is 142 cm³/mol. The number of aryl methyl sites for hydroxylation is 1. The largest absolute Gasteiger partial charge is 0.493 e. The Bertz CT molecular complexity index is 1180. The molecule has 0 bridgehead atoms. The number of carbonyl (C=O) groups excluding carboxylic acids is 2. The van der Waals surface area contributed by atoms with E-state index in [0.717, 1.165) is 29.5 Å². The van der Waals surface area contributed by atoms with Crippen LogP contribution in [0.4, 0.5) is 5.00 Å². The summed E-state index contributed by atoms with van der Waals surface area (Å²) in [7, 11) is 1.58. The second kappa shape index (κ2) is 12.8. The molecule has 0 saturated carbocycles. The molecule has 3 aromatic rings. The van der Waals surface area contributed by atoms with Crippen molar-refractivity contribution in [2.75, 3.05) is 25.6 Å². The zero-order valence-electron chi connectivity index (χ0n) is 20.6. The van der Waals surface area contributed by atoms with E-state index in [9.17, 15) is 9.59 Å². The SMILES string of the molecule is CCCOc1ccc(/C=C/C(=O)Nc2scc(-c3ccc(CC)cc3)c2C(=O)OCC)cc1OC. The van der Waals surface area contributed by atoms with Crippen LogP contribution in [0.3, 0.4) is 0 Å². The monoisotopic (exact) mass is 493 g/mol. The van der Waals surface area contributed by atoms with E-state index in [0.29, 0.717) is 28.7 Å². The van der Waals surface area contributed by atoms with Gasteiger partial charge in [0.05, 0.1) is 20.3 Å². The molecule has 0 spiro atoms. The van der Waals surface area contributed by atoms with Gasteiger partial charge in [-0.2, -0.15) is 0 Å². The fourth-order valence-electron chi connectivity index (χ4n) is 3.43. The maximum atomic E-state index is 12.8. The summed E-state index contributed by atoms with van der Waals surface area (Å²) in [5, 5.41) is 5.16.